The predicted octanol–water partition coefficient (Wildman–Crippen LogP) is 0.868. The molecule has 11 heteroatoms. The molecule has 182 valence electrons. The van der Waals surface area contributed by atoms with Crippen LogP contribution in [0.3, 0.4) is 0 Å². The zero-order valence-corrected chi connectivity index (χ0v) is 19.8. The van der Waals surface area contributed by atoms with E-state index in [4.69, 9.17) is 0 Å². The van der Waals surface area contributed by atoms with Crippen molar-refractivity contribution < 1.29 is 22.8 Å². The maximum atomic E-state index is 12.7. The number of nitrogens with one attached hydrogen (secondary N) is 3. The number of rotatable bonds is 8. The van der Waals surface area contributed by atoms with E-state index in [2.05, 4.69) is 16.2 Å². The summed E-state index contributed by atoms with van der Waals surface area (Å²) in [6.45, 7) is 2.85. The van der Waals surface area contributed by atoms with Gasteiger partial charge in [-0.2, -0.15) is 4.31 Å². The lowest BCUT2D eigenvalue weighted by Gasteiger charge is -2.34. The van der Waals surface area contributed by atoms with Gasteiger partial charge in [0.15, 0.2) is 0 Å². The third-order valence-corrected chi connectivity index (χ3v) is 7.30. The molecule has 0 radical (unpaired) electrons. The van der Waals surface area contributed by atoms with Gasteiger partial charge in [-0.15, -0.1) is 0 Å². The van der Waals surface area contributed by atoms with Gasteiger partial charge in [-0.3, -0.25) is 25.2 Å². The van der Waals surface area contributed by atoms with E-state index >= 15 is 0 Å². The van der Waals surface area contributed by atoms with Crippen LogP contribution in [0.15, 0.2) is 59.5 Å². The maximum absolute atomic E-state index is 12.7. The van der Waals surface area contributed by atoms with E-state index in [1.165, 1.54) is 4.31 Å². The Bertz CT molecular complexity index is 1100. The summed E-state index contributed by atoms with van der Waals surface area (Å²) in [5.74, 6) is -1.14. The van der Waals surface area contributed by atoms with Gasteiger partial charge >= 0.3 is 0 Å². The van der Waals surface area contributed by atoms with E-state index in [0.717, 1.165) is 11.3 Å². The Morgan fingerprint density at radius 1 is 0.824 bits per heavy atom. The van der Waals surface area contributed by atoms with Crippen LogP contribution in [-0.2, 0) is 24.4 Å². The molecule has 0 atom stereocenters. The van der Waals surface area contributed by atoms with Crippen LogP contribution >= 0.6 is 0 Å². The highest BCUT2D eigenvalue weighted by atomic mass is 32.2. The number of carbonyl (C=O) groups is 3. The number of anilines is 1. The molecule has 3 N–H and O–H groups in total. The predicted molar refractivity (Wildman–Crippen MR) is 127 cm³/mol. The van der Waals surface area contributed by atoms with Crippen molar-refractivity contribution in [3.8, 4) is 0 Å². The molecule has 3 amide bonds. The van der Waals surface area contributed by atoms with Crippen molar-refractivity contribution in [2.24, 2.45) is 0 Å². The molecular formula is C23H29N5O5S. The van der Waals surface area contributed by atoms with E-state index in [1.54, 1.807) is 35.2 Å². The van der Waals surface area contributed by atoms with Crippen molar-refractivity contribution in [2.45, 2.75) is 24.7 Å². The van der Waals surface area contributed by atoms with Crippen LogP contribution in [0.1, 0.15) is 18.4 Å². The number of aryl methyl sites for hydroxylation is 1. The largest absolute Gasteiger partial charge is 0.376 e. The van der Waals surface area contributed by atoms with Crippen molar-refractivity contribution in [1.82, 2.24) is 20.1 Å². The molecular weight excluding hydrogens is 458 g/mol. The molecule has 0 aromatic heterocycles. The molecule has 2 aromatic rings. The lowest BCUT2D eigenvalue weighted by molar-refractivity contribution is -0.135. The standard InChI is InChI=1S/C23H29N5O5S/c1-18-7-9-19(10-8-18)24-17-22(30)26-25-21(29)11-12-23(31)27-13-15-28(16-14-27)34(32,33)20-5-3-2-4-6-20/h2-10,24H,11-17H2,1H3,(H,25,29)(H,26,30). The number of hydrogen-bond acceptors (Lipinski definition) is 6. The molecule has 1 heterocycles. The van der Waals surface area contributed by atoms with E-state index < -0.39 is 21.8 Å². The van der Waals surface area contributed by atoms with Gasteiger partial charge in [0.2, 0.25) is 21.8 Å². The molecule has 1 fully saturated rings. The summed E-state index contributed by atoms with van der Waals surface area (Å²) in [5.41, 5.74) is 6.49. The zero-order chi connectivity index (χ0) is 24.6. The molecule has 0 unspecified atom stereocenters. The third-order valence-electron chi connectivity index (χ3n) is 5.38. The van der Waals surface area contributed by atoms with Gasteiger partial charge in [0, 0.05) is 44.7 Å². The summed E-state index contributed by atoms with van der Waals surface area (Å²) < 4.78 is 26.7. The molecule has 0 spiro atoms. The first-order chi connectivity index (χ1) is 16.3. The molecule has 0 bridgehead atoms. The first kappa shape index (κ1) is 25.2. The Hall–Kier alpha value is -3.44. The summed E-state index contributed by atoms with van der Waals surface area (Å²) in [7, 11) is -3.59. The van der Waals surface area contributed by atoms with Gasteiger partial charge in [0.1, 0.15) is 0 Å². The lowest BCUT2D eigenvalue weighted by atomic mass is 10.2. The summed E-state index contributed by atoms with van der Waals surface area (Å²) in [6, 6.07) is 15.7. The number of sulfonamides is 1. The Kier molecular flexibility index (Phi) is 8.61. The van der Waals surface area contributed by atoms with Crippen LogP contribution < -0.4 is 16.2 Å². The molecule has 34 heavy (non-hydrogen) atoms. The van der Waals surface area contributed by atoms with Gasteiger partial charge in [0.05, 0.1) is 11.4 Å². The van der Waals surface area contributed by atoms with Crippen molar-refractivity contribution >= 4 is 33.4 Å². The number of amides is 3. The molecule has 3 rings (SSSR count). The Labute approximate surface area is 199 Å². The van der Waals surface area contributed by atoms with Crippen LogP contribution in [0.4, 0.5) is 5.69 Å². The van der Waals surface area contributed by atoms with Gasteiger partial charge in [-0.05, 0) is 31.2 Å². The number of benzene rings is 2. The lowest BCUT2D eigenvalue weighted by Crippen LogP contribution is -2.50. The molecule has 1 aliphatic rings. The first-order valence-electron chi connectivity index (χ1n) is 11.0. The van der Waals surface area contributed by atoms with E-state index in [9.17, 15) is 22.8 Å². The fourth-order valence-electron chi connectivity index (χ4n) is 3.40. The van der Waals surface area contributed by atoms with Crippen LogP contribution in [-0.4, -0.2) is 68.1 Å². The summed E-state index contributed by atoms with van der Waals surface area (Å²) in [4.78, 5) is 38.1. The molecule has 0 aliphatic carbocycles. The zero-order valence-electron chi connectivity index (χ0n) is 19.0. The van der Waals surface area contributed by atoms with Crippen molar-refractivity contribution in [3.05, 3.63) is 60.2 Å². The molecule has 0 saturated carbocycles. The molecule has 1 aliphatic heterocycles. The fourth-order valence-corrected chi connectivity index (χ4v) is 4.84. The first-order valence-corrected chi connectivity index (χ1v) is 12.4. The van der Waals surface area contributed by atoms with Crippen molar-refractivity contribution in [2.75, 3.05) is 38.0 Å². The number of hydrogen-bond donors (Lipinski definition) is 3. The number of piperazine rings is 1. The molecule has 1 saturated heterocycles. The second-order valence-corrected chi connectivity index (χ2v) is 9.85. The Morgan fingerprint density at radius 3 is 2.09 bits per heavy atom. The van der Waals surface area contributed by atoms with E-state index in [0.29, 0.717) is 0 Å². The highest BCUT2D eigenvalue weighted by Crippen LogP contribution is 2.17. The average Bonchev–Trinajstić information content (AvgIpc) is 2.86. The normalized spacial score (nSPS) is 14.3. The fraction of sp³-hybridized carbons (Fsp3) is 0.348. The van der Waals surface area contributed by atoms with E-state index in [1.807, 2.05) is 31.2 Å². The average molecular weight is 488 g/mol. The quantitative estimate of drug-likeness (QED) is 0.474. The SMILES string of the molecule is Cc1ccc(NCC(=O)NNC(=O)CCC(=O)N2CCN(S(=O)(=O)c3ccccc3)CC2)cc1. The summed E-state index contributed by atoms with van der Waals surface area (Å²) >= 11 is 0. The van der Waals surface area contributed by atoms with Gasteiger partial charge < -0.3 is 10.2 Å². The maximum Gasteiger partial charge on any atom is 0.257 e. The number of nitrogens with zero attached hydrogens (tertiary/aromatic N) is 2. The second-order valence-electron chi connectivity index (χ2n) is 7.91. The monoisotopic (exact) mass is 487 g/mol. The highest BCUT2D eigenvalue weighted by molar-refractivity contribution is 7.89. The Morgan fingerprint density at radius 2 is 1.44 bits per heavy atom. The van der Waals surface area contributed by atoms with E-state index in [-0.39, 0.29) is 56.4 Å². The molecule has 2 aromatic carbocycles. The van der Waals surface area contributed by atoms with Crippen molar-refractivity contribution in [1.29, 1.82) is 0 Å². The van der Waals surface area contributed by atoms with Crippen LogP contribution in [0.5, 0.6) is 0 Å². The van der Waals surface area contributed by atoms with Gasteiger partial charge in [-0.1, -0.05) is 35.9 Å². The number of carbonyl (C=O) groups excluding carboxylic acids is 3. The van der Waals surface area contributed by atoms with Gasteiger partial charge in [-0.25, -0.2) is 8.42 Å². The van der Waals surface area contributed by atoms with Crippen molar-refractivity contribution in [3.63, 3.8) is 0 Å². The smallest absolute Gasteiger partial charge is 0.257 e. The summed E-state index contributed by atoms with van der Waals surface area (Å²) in [5, 5.41) is 2.94. The van der Waals surface area contributed by atoms with Crippen LogP contribution in [0, 0.1) is 6.92 Å². The minimum atomic E-state index is -3.59. The van der Waals surface area contributed by atoms with Gasteiger partial charge in [0.25, 0.3) is 5.91 Å². The van der Waals surface area contributed by atoms with Crippen LogP contribution in [0.2, 0.25) is 0 Å². The second kappa shape index (κ2) is 11.6. The Balaban J connectivity index is 1.34. The number of hydrazine groups is 1. The minimum Gasteiger partial charge on any atom is -0.376 e. The topological polar surface area (TPSA) is 128 Å². The third kappa shape index (κ3) is 7.03. The minimum absolute atomic E-state index is 0.0154. The molecule has 10 nitrogen and oxygen atoms in total. The summed E-state index contributed by atoms with van der Waals surface area (Å²) in [6.07, 6.45) is -0.123. The van der Waals surface area contributed by atoms with Crippen LogP contribution in [0.25, 0.3) is 0 Å². The highest BCUT2D eigenvalue weighted by Gasteiger charge is 2.29.